The number of nitro groups is 1. The van der Waals surface area contributed by atoms with Gasteiger partial charge in [0.05, 0.1) is 27.1 Å². The normalized spacial score (nSPS) is 10.8. The first-order chi connectivity index (χ1) is 16.3. The number of aryl methyl sites for hydroxylation is 2. The van der Waals surface area contributed by atoms with Gasteiger partial charge in [-0.05, 0) is 55.3 Å². The van der Waals surface area contributed by atoms with Crippen molar-refractivity contribution >= 4 is 40.6 Å². The number of aromatic nitrogens is 4. The van der Waals surface area contributed by atoms with Crippen molar-refractivity contribution in [3.8, 4) is 17.1 Å². The Labute approximate surface area is 204 Å². The summed E-state index contributed by atoms with van der Waals surface area (Å²) < 4.78 is 1.90. The molecule has 0 radical (unpaired) electrons. The summed E-state index contributed by atoms with van der Waals surface area (Å²) in [5.74, 6) is 0.333. The number of hydrogen-bond donors (Lipinski definition) is 1. The Morgan fingerprint density at radius 2 is 1.85 bits per heavy atom. The van der Waals surface area contributed by atoms with Gasteiger partial charge >= 0.3 is 0 Å². The second kappa shape index (κ2) is 10.0. The average Bonchev–Trinajstić information content (AvgIpc) is 3.25. The number of carbonyl (C=O) groups excluding carboxylic acids is 1. The predicted molar refractivity (Wildman–Crippen MR) is 132 cm³/mol. The predicted octanol–water partition coefficient (Wildman–Crippen LogP) is 5.24. The van der Waals surface area contributed by atoms with E-state index in [4.69, 9.17) is 11.6 Å². The summed E-state index contributed by atoms with van der Waals surface area (Å²) in [7, 11) is 0. The van der Waals surface area contributed by atoms with E-state index in [-0.39, 0.29) is 22.4 Å². The van der Waals surface area contributed by atoms with E-state index in [9.17, 15) is 14.9 Å². The lowest BCUT2D eigenvalue weighted by molar-refractivity contribution is -0.384. The number of nitro benzene ring substituents is 1. The molecular formula is C23H19ClN6O3S. The summed E-state index contributed by atoms with van der Waals surface area (Å²) in [4.78, 5) is 27.0. The number of benzene rings is 2. The van der Waals surface area contributed by atoms with Crippen LogP contribution in [0.5, 0.6) is 0 Å². The second-order valence-corrected chi connectivity index (χ2v) is 8.75. The van der Waals surface area contributed by atoms with Gasteiger partial charge in [0.25, 0.3) is 5.69 Å². The molecule has 2 aromatic carbocycles. The molecule has 4 rings (SSSR count). The first kappa shape index (κ1) is 23.4. The van der Waals surface area contributed by atoms with Crippen LogP contribution < -0.4 is 5.32 Å². The molecule has 0 fully saturated rings. The molecule has 4 aromatic rings. The first-order valence-electron chi connectivity index (χ1n) is 10.1. The minimum Gasteiger partial charge on any atom is -0.324 e. The third-order valence-corrected chi connectivity index (χ3v) is 6.33. The molecule has 0 atom stereocenters. The third-order valence-electron chi connectivity index (χ3n) is 5.09. The van der Waals surface area contributed by atoms with Crippen molar-refractivity contribution in [2.45, 2.75) is 19.0 Å². The molecule has 2 aromatic heterocycles. The standard InChI is InChI=1S/C23H19ClN6O3S/c1-14-3-4-17(11-15(14)2)29-22(16-7-9-25-10-8-16)27-28-23(29)34-13-21(31)26-20-6-5-18(30(32)33)12-19(20)24/h3-12H,13H2,1-2H3,(H,26,31). The number of carbonyl (C=O) groups is 1. The number of rotatable bonds is 7. The zero-order valence-corrected chi connectivity index (χ0v) is 19.8. The lowest BCUT2D eigenvalue weighted by Crippen LogP contribution is -2.15. The fourth-order valence-corrected chi connectivity index (χ4v) is 4.16. The molecule has 0 saturated carbocycles. The largest absolute Gasteiger partial charge is 0.324 e. The first-order valence-corrected chi connectivity index (χ1v) is 11.5. The van der Waals surface area contributed by atoms with Crippen molar-refractivity contribution in [2.75, 3.05) is 11.1 Å². The monoisotopic (exact) mass is 494 g/mol. The van der Waals surface area contributed by atoms with E-state index in [0.29, 0.717) is 16.7 Å². The number of non-ortho nitro benzene ring substituents is 1. The van der Waals surface area contributed by atoms with Crippen LogP contribution in [0, 0.1) is 24.0 Å². The summed E-state index contributed by atoms with van der Waals surface area (Å²) in [5, 5.41) is 22.9. The van der Waals surface area contributed by atoms with Crippen molar-refractivity contribution in [1.29, 1.82) is 0 Å². The van der Waals surface area contributed by atoms with Crippen molar-refractivity contribution < 1.29 is 9.72 Å². The molecule has 2 heterocycles. The number of amides is 1. The van der Waals surface area contributed by atoms with Gasteiger partial charge in [-0.3, -0.25) is 24.5 Å². The van der Waals surface area contributed by atoms with Gasteiger partial charge in [-0.1, -0.05) is 29.4 Å². The number of nitrogens with one attached hydrogen (secondary N) is 1. The Balaban J connectivity index is 1.58. The molecule has 0 aliphatic carbocycles. The highest BCUT2D eigenvalue weighted by molar-refractivity contribution is 7.99. The number of thioether (sulfide) groups is 1. The molecular weight excluding hydrogens is 476 g/mol. The SMILES string of the molecule is Cc1ccc(-n2c(SCC(=O)Nc3ccc([N+](=O)[O-])cc3Cl)nnc2-c2ccncc2)cc1C. The number of hydrogen-bond acceptors (Lipinski definition) is 7. The second-order valence-electron chi connectivity index (χ2n) is 7.40. The number of nitrogens with zero attached hydrogens (tertiary/aromatic N) is 5. The highest BCUT2D eigenvalue weighted by Crippen LogP contribution is 2.30. The lowest BCUT2D eigenvalue weighted by Gasteiger charge is -2.12. The Morgan fingerprint density at radius 1 is 1.09 bits per heavy atom. The summed E-state index contributed by atoms with van der Waals surface area (Å²) >= 11 is 7.30. The molecule has 0 bridgehead atoms. The molecule has 0 unspecified atom stereocenters. The third kappa shape index (κ3) is 5.08. The van der Waals surface area contributed by atoms with Crippen LogP contribution in [0.4, 0.5) is 11.4 Å². The van der Waals surface area contributed by atoms with Gasteiger partial charge in [0.15, 0.2) is 11.0 Å². The minimum absolute atomic E-state index is 0.0344. The van der Waals surface area contributed by atoms with Crippen LogP contribution in [-0.4, -0.2) is 36.3 Å². The highest BCUT2D eigenvalue weighted by Gasteiger charge is 2.18. The van der Waals surface area contributed by atoms with Gasteiger partial charge in [-0.25, -0.2) is 0 Å². The van der Waals surface area contributed by atoms with Crippen molar-refractivity contribution in [3.63, 3.8) is 0 Å². The average molecular weight is 495 g/mol. The molecule has 0 saturated heterocycles. The fourth-order valence-electron chi connectivity index (χ4n) is 3.18. The molecule has 0 aliphatic heterocycles. The highest BCUT2D eigenvalue weighted by atomic mass is 35.5. The summed E-state index contributed by atoms with van der Waals surface area (Å²) in [5.41, 5.74) is 4.15. The topological polar surface area (TPSA) is 116 Å². The molecule has 172 valence electrons. The van der Waals surface area contributed by atoms with Gasteiger partial charge in [-0.15, -0.1) is 10.2 Å². The maximum absolute atomic E-state index is 12.6. The van der Waals surface area contributed by atoms with Crippen LogP contribution in [-0.2, 0) is 4.79 Å². The summed E-state index contributed by atoms with van der Waals surface area (Å²) in [6.07, 6.45) is 3.37. The van der Waals surface area contributed by atoms with Crippen LogP contribution in [0.25, 0.3) is 17.1 Å². The van der Waals surface area contributed by atoms with Gasteiger partial charge in [0.1, 0.15) is 0 Å². The maximum Gasteiger partial charge on any atom is 0.271 e. The van der Waals surface area contributed by atoms with Crippen LogP contribution in [0.1, 0.15) is 11.1 Å². The number of anilines is 1. The van der Waals surface area contributed by atoms with Crippen molar-refractivity contribution in [1.82, 2.24) is 19.7 Å². The van der Waals surface area contributed by atoms with E-state index in [0.717, 1.165) is 22.4 Å². The van der Waals surface area contributed by atoms with E-state index in [2.05, 4.69) is 20.5 Å². The van der Waals surface area contributed by atoms with E-state index in [1.165, 1.54) is 30.0 Å². The molecule has 0 spiro atoms. The Bertz CT molecular complexity index is 1380. The van der Waals surface area contributed by atoms with Crippen LogP contribution >= 0.6 is 23.4 Å². The van der Waals surface area contributed by atoms with Gasteiger partial charge < -0.3 is 5.32 Å². The lowest BCUT2D eigenvalue weighted by atomic mass is 10.1. The van der Waals surface area contributed by atoms with Gasteiger partial charge in [0, 0.05) is 30.1 Å². The van der Waals surface area contributed by atoms with Gasteiger partial charge in [0.2, 0.25) is 5.91 Å². The van der Waals surface area contributed by atoms with Crippen molar-refractivity contribution in [2.24, 2.45) is 0 Å². The number of halogens is 1. The summed E-state index contributed by atoms with van der Waals surface area (Å²) in [6, 6.07) is 13.6. The van der Waals surface area contributed by atoms with Gasteiger partial charge in [-0.2, -0.15) is 0 Å². The van der Waals surface area contributed by atoms with E-state index in [1.54, 1.807) is 12.4 Å². The molecule has 0 aliphatic rings. The Morgan fingerprint density at radius 3 is 2.53 bits per heavy atom. The Hall–Kier alpha value is -3.76. The fraction of sp³-hybridized carbons (Fsp3) is 0.130. The molecule has 1 N–H and O–H groups in total. The molecule has 1 amide bonds. The zero-order chi connectivity index (χ0) is 24.2. The summed E-state index contributed by atoms with van der Waals surface area (Å²) in [6.45, 7) is 4.07. The maximum atomic E-state index is 12.6. The smallest absolute Gasteiger partial charge is 0.271 e. The van der Waals surface area contributed by atoms with Crippen LogP contribution in [0.15, 0.2) is 66.1 Å². The quantitative estimate of drug-likeness (QED) is 0.212. The van der Waals surface area contributed by atoms with Crippen molar-refractivity contribution in [3.05, 3.63) is 87.2 Å². The molecule has 9 nitrogen and oxygen atoms in total. The van der Waals surface area contributed by atoms with E-state index in [1.807, 2.05) is 48.7 Å². The van der Waals surface area contributed by atoms with Crippen LogP contribution in [0.3, 0.4) is 0 Å². The minimum atomic E-state index is -0.548. The van der Waals surface area contributed by atoms with Crippen LogP contribution in [0.2, 0.25) is 5.02 Å². The number of pyridine rings is 1. The molecule has 11 heteroatoms. The Kier molecular flexibility index (Phi) is 6.90. The zero-order valence-electron chi connectivity index (χ0n) is 18.2. The molecule has 34 heavy (non-hydrogen) atoms. The van der Waals surface area contributed by atoms with E-state index >= 15 is 0 Å². The van der Waals surface area contributed by atoms with E-state index < -0.39 is 4.92 Å².